The smallest absolute Gasteiger partial charge is 0.352 e. The Morgan fingerprint density at radius 2 is 2.18 bits per heavy atom. The second-order valence-corrected chi connectivity index (χ2v) is 4.32. The highest BCUT2D eigenvalue weighted by Crippen LogP contribution is 2.39. The number of benzene rings is 1. The third-order valence-corrected chi connectivity index (χ3v) is 3.10. The van der Waals surface area contributed by atoms with Crippen molar-refractivity contribution in [1.29, 1.82) is 5.26 Å². The van der Waals surface area contributed by atoms with Crippen LogP contribution < -0.4 is 0 Å². The van der Waals surface area contributed by atoms with Crippen molar-refractivity contribution in [1.82, 2.24) is 4.57 Å². The Bertz CT molecular complexity index is 660. The van der Waals surface area contributed by atoms with Crippen LogP contribution in [0.4, 0.5) is 0 Å². The number of nitriles is 1. The Kier molecular flexibility index (Phi) is 1.96. The van der Waals surface area contributed by atoms with Crippen LogP contribution in [0.1, 0.15) is 34.9 Å². The van der Waals surface area contributed by atoms with Crippen molar-refractivity contribution in [2.75, 3.05) is 0 Å². The van der Waals surface area contributed by atoms with Crippen LogP contribution in [-0.4, -0.2) is 15.6 Å². The molecule has 0 saturated heterocycles. The van der Waals surface area contributed by atoms with Crippen molar-refractivity contribution in [2.24, 2.45) is 0 Å². The molecule has 0 aliphatic heterocycles. The largest absolute Gasteiger partial charge is 0.477 e. The molecule has 1 aliphatic carbocycles. The number of nitrogens with zero attached hydrogens (tertiary/aromatic N) is 2. The number of carboxylic acids is 1. The molecule has 1 fully saturated rings. The number of carbonyl (C=O) groups is 1. The zero-order chi connectivity index (χ0) is 12.0. The fraction of sp³-hybridized carbons (Fsp3) is 0.231. The van der Waals surface area contributed by atoms with Crippen LogP contribution in [0.25, 0.3) is 10.9 Å². The summed E-state index contributed by atoms with van der Waals surface area (Å²) in [5.41, 5.74) is 1.73. The Morgan fingerprint density at radius 1 is 1.41 bits per heavy atom. The lowest BCUT2D eigenvalue weighted by molar-refractivity contribution is 0.0685. The van der Waals surface area contributed by atoms with Gasteiger partial charge >= 0.3 is 5.97 Å². The van der Waals surface area contributed by atoms with E-state index in [2.05, 4.69) is 6.07 Å². The van der Waals surface area contributed by atoms with E-state index in [-0.39, 0.29) is 6.04 Å². The van der Waals surface area contributed by atoms with Crippen molar-refractivity contribution in [3.05, 3.63) is 35.5 Å². The highest BCUT2D eigenvalue weighted by molar-refractivity contribution is 5.95. The van der Waals surface area contributed by atoms with Crippen LogP contribution in [0.2, 0.25) is 0 Å². The van der Waals surface area contributed by atoms with Gasteiger partial charge in [0.1, 0.15) is 5.69 Å². The molecule has 2 aromatic rings. The van der Waals surface area contributed by atoms with Gasteiger partial charge in [-0.1, -0.05) is 6.07 Å². The van der Waals surface area contributed by atoms with Crippen molar-refractivity contribution in [2.45, 2.75) is 18.9 Å². The average Bonchev–Trinajstić information content (AvgIpc) is 3.08. The Labute approximate surface area is 97.7 Å². The molecule has 4 heteroatoms. The summed E-state index contributed by atoms with van der Waals surface area (Å²) in [5.74, 6) is -0.911. The van der Waals surface area contributed by atoms with Gasteiger partial charge in [0.25, 0.3) is 0 Å². The van der Waals surface area contributed by atoms with Crippen LogP contribution in [0.3, 0.4) is 0 Å². The molecule has 1 saturated carbocycles. The lowest BCUT2D eigenvalue weighted by Crippen LogP contribution is -2.06. The average molecular weight is 226 g/mol. The van der Waals surface area contributed by atoms with Crippen molar-refractivity contribution < 1.29 is 9.90 Å². The normalized spacial score (nSPS) is 14.8. The minimum atomic E-state index is -0.911. The fourth-order valence-corrected chi connectivity index (χ4v) is 2.18. The predicted octanol–water partition coefficient (Wildman–Crippen LogP) is 2.55. The van der Waals surface area contributed by atoms with Crippen molar-refractivity contribution in [3.8, 4) is 6.07 Å². The molecule has 0 atom stereocenters. The van der Waals surface area contributed by atoms with E-state index in [9.17, 15) is 9.90 Å². The molecule has 0 radical (unpaired) electrons. The van der Waals surface area contributed by atoms with Gasteiger partial charge in [-0.2, -0.15) is 5.26 Å². The lowest BCUT2D eigenvalue weighted by Gasteiger charge is -2.05. The molecule has 4 nitrogen and oxygen atoms in total. The molecule has 1 aliphatic rings. The van der Waals surface area contributed by atoms with E-state index in [0.717, 1.165) is 23.7 Å². The quantitative estimate of drug-likeness (QED) is 0.855. The molecule has 84 valence electrons. The van der Waals surface area contributed by atoms with Crippen LogP contribution in [0.5, 0.6) is 0 Å². The number of carboxylic acid groups (broad SMARTS) is 1. The van der Waals surface area contributed by atoms with Gasteiger partial charge < -0.3 is 9.67 Å². The van der Waals surface area contributed by atoms with E-state index in [4.69, 9.17) is 5.26 Å². The minimum Gasteiger partial charge on any atom is -0.477 e. The first-order valence-electron chi connectivity index (χ1n) is 5.49. The maximum Gasteiger partial charge on any atom is 0.352 e. The van der Waals surface area contributed by atoms with Gasteiger partial charge in [0.2, 0.25) is 0 Å². The molecule has 17 heavy (non-hydrogen) atoms. The minimum absolute atomic E-state index is 0.285. The van der Waals surface area contributed by atoms with Gasteiger partial charge in [-0.05, 0) is 31.0 Å². The SMILES string of the molecule is N#Cc1ccc2cc(C(=O)O)n(C3CC3)c2c1. The summed E-state index contributed by atoms with van der Waals surface area (Å²) in [6.07, 6.45) is 2.03. The summed E-state index contributed by atoms with van der Waals surface area (Å²) in [5, 5.41) is 18.9. The standard InChI is InChI=1S/C13H10N2O2/c14-7-8-1-2-9-6-12(13(16)17)15(10-3-4-10)11(9)5-8/h1-2,5-6,10H,3-4H2,(H,16,17). The zero-order valence-corrected chi connectivity index (χ0v) is 9.05. The summed E-state index contributed by atoms with van der Waals surface area (Å²) in [4.78, 5) is 11.2. The summed E-state index contributed by atoms with van der Waals surface area (Å²) in [6, 6.07) is 9.33. The van der Waals surface area contributed by atoms with Gasteiger partial charge in [-0.15, -0.1) is 0 Å². The Hall–Kier alpha value is -2.28. The molecule has 0 unspecified atom stereocenters. The van der Waals surface area contributed by atoms with Crippen molar-refractivity contribution >= 4 is 16.9 Å². The first kappa shape index (κ1) is 9.91. The van der Waals surface area contributed by atoms with Gasteiger partial charge in [0.15, 0.2) is 0 Å². The molecule has 1 N–H and O–H groups in total. The van der Waals surface area contributed by atoms with E-state index in [1.54, 1.807) is 24.3 Å². The van der Waals surface area contributed by atoms with Crippen LogP contribution in [0.15, 0.2) is 24.3 Å². The summed E-state index contributed by atoms with van der Waals surface area (Å²) < 4.78 is 1.85. The second kappa shape index (κ2) is 3.36. The summed E-state index contributed by atoms with van der Waals surface area (Å²) in [6.45, 7) is 0. The Morgan fingerprint density at radius 3 is 2.76 bits per heavy atom. The van der Waals surface area contributed by atoms with E-state index in [1.807, 2.05) is 4.57 Å². The number of aromatic carboxylic acids is 1. The molecular weight excluding hydrogens is 216 g/mol. The molecule has 1 aromatic heterocycles. The summed E-state index contributed by atoms with van der Waals surface area (Å²) >= 11 is 0. The fourth-order valence-electron chi connectivity index (χ4n) is 2.18. The van der Waals surface area contributed by atoms with E-state index < -0.39 is 5.97 Å². The predicted molar refractivity (Wildman–Crippen MR) is 61.9 cm³/mol. The van der Waals surface area contributed by atoms with E-state index >= 15 is 0 Å². The maximum atomic E-state index is 11.2. The molecule has 1 heterocycles. The number of aromatic nitrogens is 1. The van der Waals surface area contributed by atoms with Gasteiger partial charge in [0, 0.05) is 11.4 Å². The Balaban J connectivity index is 2.33. The monoisotopic (exact) mass is 226 g/mol. The molecular formula is C13H10N2O2. The molecule has 0 amide bonds. The third-order valence-electron chi connectivity index (χ3n) is 3.10. The highest BCUT2D eigenvalue weighted by atomic mass is 16.4. The first-order chi connectivity index (χ1) is 8.20. The molecule has 0 spiro atoms. The topological polar surface area (TPSA) is 66.0 Å². The molecule has 0 bridgehead atoms. The van der Waals surface area contributed by atoms with Gasteiger partial charge in [0.05, 0.1) is 17.1 Å². The van der Waals surface area contributed by atoms with Crippen LogP contribution in [0, 0.1) is 11.3 Å². The van der Waals surface area contributed by atoms with E-state index in [1.165, 1.54) is 0 Å². The van der Waals surface area contributed by atoms with Gasteiger partial charge in [-0.3, -0.25) is 0 Å². The van der Waals surface area contributed by atoms with Crippen molar-refractivity contribution in [3.63, 3.8) is 0 Å². The first-order valence-corrected chi connectivity index (χ1v) is 5.49. The lowest BCUT2D eigenvalue weighted by atomic mass is 10.2. The number of fused-ring (bicyclic) bond motifs is 1. The number of hydrogen-bond acceptors (Lipinski definition) is 2. The third kappa shape index (κ3) is 1.48. The second-order valence-electron chi connectivity index (χ2n) is 4.32. The molecule has 1 aromatic carbocycles. The zero-order valence-electron chi connectivity index (χ0n) is 9.05. The van der Waals surface area contributed by atoms with E-state index in [0.29, 0.717) is 11.3 Å². The summed E-state index contributed by atoms with van der Waals surface area (Å²) in [7, 11) is 0. The highest BCUT2D eigenvalue weighted by Gasteiger charge is 2.29. The van der Waals surface area contributed by atoms with Crippen LogP contribution >= 0.6 is 0 Å². The number of hydrogen-bond donors (Lipinski definition) is 1. The van der Waals surface area contributed by atoms with Gasteiger partial charge in [-0.25, -0.2) is 4.79 Å². The molecule has 3 rings (SSSR count). The van der Waals surface area contributed by atoms with Crippen LogP contribution in [-0.2, 0) is 0 Å². The maximum absolute atomic E-state index is 11.2. The number of rotatable bonds is 2.